The molecule has 0 spiro atoms. The zero-order chi connectivity index (χ0) is 15.5. The van der Waals surface area contributed by atoms with Crippen LogP contribution in [0.5, 0.6) is 0 Å². The predicted molar refractivity (Wildman–Crippen MR) is 80.4 cm³/mol. The van der Waals surface area contributed by atoms with E-state index in [1.165, 1.54) is 18.3 Å². The molecule has 0 fully saturated rings. The first-order chi connectivity index (χ1) is 9.91. The molecule has 2 amide bonds. The van der Waals surface area contributed by atoms with Gasteiger partial charge in [-0.3, -0.25) is 5.32 Å². The molecular formula is C14H15N3O3S. The van der Waals surface area contributed by atoms with Crippen LogP contribution in [0.4, 0.5) is 9.93 Å². The highest BCUT2D eigenvalue weighted by molar-refractivity contribution is 7.13. The number of carbonyl (C=O) groups excluding carboxylic acids is 1. The Bertz CT molecular complexity index is 656. The smallest absolute Gasteiger partial charge is 0.333 e. The molecule has 1 unspecified atom stereocenters. The van der Waals surface area contributed by atoms with E-state index in [1.807, 2.05) is 6.92 Å². The fourth-order valence-electron chi connectivity index (χ4n) is 1.79. The number of aryl methyl sites for hydroxylation is 1. The number of hydrogen-bond acceptors (Lipinski definition) is 4. The second-order valence-electron chi connectivity index (χ2n) is 4.67. The largest absolute Gasteiger partial charge is 0.479 e. The van der Waals surface area contributed by atoms with E-state index in [2.05, 4.69) is 15.6 Å². The summed E-state index contributed by atoms with van der Waals surface area (Å²) in [6, 6.07) is 7.92. The summed E-state index contributed by atoms with van der Waals surface area (Å²) in [6.07, 6.45) is 0. The Morgan fingerprint density at radius 3 is 2.48 bits per heavy atom. The first kappa shape index (κ1) is 15.0. The summed E-state index contributed by atoms with van der Waals surface area (Å²) in [5.74, 6) is -1.14. The van der Waals surface area contributed by atoms with E-state index in [0.29, 0.717) is 10.7 Å². The van der Waals surface area contributed by atoms with Gasteiger partial charge in [0, 0.05) is 5.38 Å². The third-order valence-corrected chi connectivity index (χ3v) is 3.86. The Balaban J connectivity index is 2.17. The quantitative estimate of drug-likeness (QED) is 0.809. The third kappa shape index (κ3) is 3.38. The molecule has 2 aromatic rings. The standard InChI is InChI=1S/C14H15N3O3S/c1-9-8-21-13(15-9)16-12(20)17-14(2,11(18)19)10-6-4-3-5-7-10/h3-8H,1-2H3,(H,18,19)(H2,15,16,17,20). The predicted octanol–water partition coefficient (Wildman–Crippen LogP) is 2.57. The van der Waals surface area contributed by atoms with E-state index < -0.39 is 17.5 Å². The highest BCUT2D eigenvalue weighted by Gasteiger charge is 2.36. The van der Waals surface area contributed by atoms with Gasteiger partial charge in [0.15, 0.2) is 10.7 Å². The maximum absolute atomic E-state index is 12.0. The van der Waals surface area contributed by atoms with Crippen molar-refractivity contribution in [3.63, 3.8) is 0 Å². The van der Waals surface area contributed by atoms with Gasteiger partial charge in [-0.1, -0.05) is 30.3 Å². The van der Waals surface area contributed by atoms with Gasteiger partial charge >= 0.3 is 12.0 Å². The Labute approximate surface area is 125 Å². The fraction of sp³-hybridized carbons (Fsp3) is 0.214. The molecule has 0 aliphatic rings. The Morgan fingerprint density at radius 2 is 1.95 bits per heavy atom. The molecule has 7 heteroatoms. The second-order valence-corrected chi connectivity index (χ2v) is 5.53. The lowest BCUT2D eigenvalue weighted by Gasteiger charge is -2.26. The molecular weight excluding hydrogens is 290 g/mol. The number of hydrogen-bond donors (Lipinski definition) is 3. The van der Waals surface area contributed by atoms with Crippen molar-refractivity contribution in [2.75, 3.05) is 5.32 Å². The van der Waals surface area contributed by atoms with Gasteiger partial charge in [0.1, 0.15) is 0 Å². The minimum Gasteiger partial charge on any atom is -0.479 e. The number of amides is 2. The Hall–Kier alpha value is -2.41. The number of aromatic nitrogens is 1. The molecule has 1 aromatic carbocycles. The van der Waals surface area contributed by atoms with Crippen molar-refractivity contribution in [3.05, 3.63) is 47.0 Å². The lowest BCUT2D eigenvalue weighted by molar-refractivity contribution is -0.144. The van der Waals surface area contributed by atoms with Gasteiger partial charge in [0.2, 0.25) is 0 Å². The van der Waals surface area contributed by atoms with Crippen LogP contribution in [-0.2, 0) is 10.3 Å². The van der Waals surface area contributed by atoms with E-state index in [1.54, 1.807) is 35.7 Å². The highest BCUT2D eigenvalue weighted by Crippen LogP contribution is 2.21. The van der Waals surface area contributed by atoms with E-state index in [4.69, 9.17) is 0 Å². The summed E-state index contributed by atoms with van der Waals surface area (Å²) in [6.45, 7) is 3.25. The molecule has 6 nitrogen and oxygen atoms in total. The normalized spacial score (nSPS) is 13.2. The zero-order valence-corrected chi connectivity index (χ0v) is 12.4. The maximum Gasteiger partial charge on any atom is 0.333 e. The number of aliphatic carboxylic acids is 1. The van der Waals surface area contributed by atoms with Crippen LogP contribution in [-0.4, -0.2) is 22.1 Å². The Kier molecular flexibility index (Phi) is 4.23. The Morgan fingerprint density at radius 1 is 1.29 bits per heavy atom. The van der Waals surface area contributed by atoms with E-state index >= 15 is 0 Å². The van der Waals surface area contributed by atoms with Crippen LogP contribution >= 0.6 is 11.3 Å². The van der Waals surface area contributed by atoms with Crippen molar-refractivity contribution in [1.29, 1.82) is 0 Å². The average Bonchev–Trinajstić information content (AvgIpc) is 2.84. The van der Waals surface area contributed by atoms with Crippen molar-refractivity contribution < 1.29 is 14.7 Å². The molecule has 3 N–H and O–H groups in total. The molecule has 0 saturated heterocycles. The van der Waals surface area contributed by atoms with Crippen molar-refractivity contribution >= 4 is 28.5 Å². The molecule has 0 radical (unpaired) electrons. The SMILES string of the molecule is Cc1csc(NC(=O)NC(C)(C(=O)O)c2ccccc2)n1. The number of carboxylic acids is 1. The summed E-state index contributed by atoms with van der Waals surface area (Å²) in [4.78, 5) is 27.7. The summed E-state index contributed by atoms with van der Waals surface area (Å²) < 4.78 is 0. The molecule has 21 heavy (non-hydrogen) atoms. The van der Waals surface area contributed by atoms with Crippen molar-refractivity contribution in [1.82, 2.24) is 10.3 Å². The van der Waals surface area contributed by atoms with E-state index in [0.717, 1.165) is 5.69 Å². The number of urea groups is 1. The second kappa shape index (κ2) is 5.92. The summed E-state index contributed by atoms with van der Waals surface area (Å²) in [5, 5.41) is 16.7. The molecule has 0 aliphatic heterocycles. The molecule has 0 bridgehead atoms. The van der Waals surface area contributed by atoms with Gasteiger partial charge in [0.05, 0.1) is 5.69 Å². The number of carboxylic acid groups (broad SMARTS) is 1. The van der Waals surface area contributed by atoms with Crippen LogP contribution in [0.2, 0.25) is 0 Å². The van der Waals surface area contributed by atoms with Crippen molar-refractivity contribution in [3.8, 4) is 0 Å². The molecule has 1 heterocycles. The maximum atomic E-state index is 12.0. The first-order valence-corrected chi connectivity index (χ1v) is 7.10. The van der Waals surface area contributed by atoms with Crippen molar-refractivity contribution in [2.24, 2.45) is 0 Å². The lowest BCUT2D eigenvalue weighted by Crippen LogP contribution is -2.51. The number of nitrogens with zero attached hydrogens (tertiary/aromatic N) is 1. The molecule has 1 atom stereocenters. The molecule has 1 aromatic heterocycles. The molecule has 0 aliphatic carbocycles. The minimum atomic E-state index is -1.52. The fourth-order valence-corrected chi connectivity index (χ4v) is 2.47. The topological polar surface area (TPSA) is 91.3 Å². The number of anilines is 1. The van der Waals surface area contributed by atoms with Gasteiger partial charge in [-0.05, 0) is 19.4 Å². The van der Waals surface area contributed by atoms with Crippen LogP contribution in [0.15, 0.2) is 35.7 Å². The van der Waals surface area contributed by atoms with Crippen LogP contribution in [0.1, 0.15) is 18.2 Å². The number of benzene rings is 1. The van der Waals surface area contributed by atoms with Crippen molar-refractivity contribution in [2.45, 2.75) is 19.4 Å². The average molecular weight is 305 g/mol. The summed E-state index contributed by atoms with van der Waals surface area (Å²) >= 11 is 1.28. The summed E-state index contributed by atoms with van der Waals surface area (Å²) in [7, 11) is 0. The number of thiazole rings is 1. The molecule has 0 saturated carbocycles. The number of rotatable bonds is 4. The van der Waals surface area contributed by atoms with E-state index in [-0.39, 0.29) is 0 Å². The van der Waals surface area contributed by atoms with Crippen LogP contribution in [0, 0.1) is 6.92 Å². The number of carbonyl (C=O) groups is 2. The van der Waals surface area contributed by atoms with Gasteiger partial charge < -0.3 is 10.4 Å². The number of nitrogens with one attached hydrogen (secondary N) is 2. The summed E-state index contributed by atoms with van der Waals surface area (Å²) in [5.41, 5.74) is -0.236. The van der Waals surface area contributed by atoms with Gasteiger partial charge in [-0.25, -0.2) is 14.6 Å². The highest BCUT2D eigenvalue weighted by atomic mass is 32.1. The molecule has 110 valence electrons. The zero-order valence-electron chi connectivity index (χ0n) is 11.6. The van der Waals surface area contributed by atoms with Crippen LogP contribution in [0.25, 0.3) is 0 Å². The van der Waals surface area contributed by atoms with Gasteiger partial charge in [0.25, 0.3) is 0 Å². The first-order valence-electron chi connectivity index (χ1n) is 6.22. The third-order valence-electron chi connectivity index (χ3n) is 2.98. The van der Waals surface area contributed by atoms with E-state index in [9.17, 15) is 14.7 Å². The van der Waals surface area contributed by atoms with Gasteiger partial charge in [-0.2, -0.15) is 0 Å². The minimum absolute atomic E-state index is 0.422. The molecule has 2 rings (SSSR count). The lowest BCUT2D eigenvalue weighted by atomic mass is 9.92. The van der Waals surface area contributed by atoms with Crippen LogP contribution in [0.3, 0.4) is 0 Å². The van der Waals surface area contributed by atoms with Gasteiger partial charge in [-0.15, -0.1) is 11.3 Å². The monoisotopic (exact) mass is 305 g/mol. The van der Waals surface area contributed by atoms with Crippen LogP contribution < -0.4 is 10.6 Å².